The molecule has 2 aromatic rings. The molecule has 3 rings (SSSR count). The van der Waals surface area contributed by atoms with Crippen LogP contribution in [-0.4, -0.2) is 38.3 Å². The van der Waals surface area contributed by atoms with E-state index in [1.807, 2.05) is 57.2 Å². The van der Waals surface area contributed by atoms with Crippen molar-refractivity contribution in [3.8, 4) is 5.75 Å². The monoisotopic (exact) mass is 430 g/mol. The number of nitrogens with one attached hydrogen (secondary N) is 1. The minimum absolute atomic E-state index is 0.0916. The van der Waals surface area contributed by atoms with Gasteiger partial charge in [0.25, 0.3) is 0 Å². The van der Waals surface area contributed by atoms with Gasteiger partial charge in [-0.25, -0.2) is 8.42 Å². The molecule has 7 heteroatoms. The van der Waals surface area contributed by atoms with Crippen molar-refractivity contribution < 1.29 is 17.9 Å². The number of benzene rings is 2. The van der Waals surface area contributed by atoms with Gasteiger partial charge in [0.1, 0.15) is 5.75 Å². The lowest BCUT2D eigenvalue weighted by atomic mass is 9.97. The molecule has 30 heavy (non-hydrogen) atoms. The summed E-state index contributed by atoms with van der Waals surface area (Å²) in [4.78, 5) is 13.1. The quantitative estimate of drug-likeness (QED) is 0.717. The lowest BCUT2D eigenvalue weighted by Crippen LogP contribution is -2.41. The highest BCUT2D eigenvalue weighted by Gasteiger charge is 2.33. The number of carbonyl (C=O) groups excluding carboxylic acids is 1. The molecule has 1 aliphatic heterocycles. The second-order valence-corrected chi connectivity index (χ2v) is 9.69. The molecule has 162 valence electrons. The number of para-hydroxylation sites is 2. The summed E-state index contributed by atoms with van der Waals surface area (Å²) in [6, 6.07) is 12.8. The van der Waals surface area contributed by atoms with E-state index in [0.29, 0.717) is 48.9 Å². The molecular formula is C23H30N2O4S. The van der Waals surface area contributed by atoms with E-state index in [9.17, 15) is 13.2 Å². The number of nitrogens with zero attached hydrogens (tertiary/aromatic N) is 1. The first kappa shape index (κ1) is 22.3. The van der Waals surface area contributed by atoms with Crippen LogP contribution in [-0.2, 0) is 14.8 Å². The van der Waals surface area contributed by atoms with Crippen molar-refractivity contribution in [2.24, 2.45) is 5.92 Å². The van der Waals surface area contributed by atoms with Gasteiger partial charge in [-0.05, 0) is 56.9 Å². The maximum Gasteiger partial charge on any atom is 0.243 e. The van der Waals surface area contributed by atoms with Gasteiger partial charge in [0.2, 0.25) is 15.9 Å². The molecule has 2 aromatic carbocycles. The van der Waals surface area contributed by atoms with Crippen LogP contribution in [0.1, 0.15) is 37.3 Å². The summed E-state index contributed by atoms with van der Waals surface area (Å²) in [7, 11) is -3.55. The average Bonchev–Trinajstić information content (AvgIpc) is 2.73. The fourth-order valence-electron chi connectivity index (χ4n) is 3.73. The zero-order chi connectivity index (χ0) is 21.7. The highest BCUT2D eigenvalue weighted by atomic mass is 32.2. The smallest absolute Gasteiger partial charge is 0.243 e. The number of sulfonamides is 1. The Bertz CT molecular complexity index is 996. The third kappa shape index (κ3) is 5.02. The molecule has 0 aromatic heterocycles. The Balaban J connectivity index is 1.63. The minimum Gasteiger partial charge on any atom is -0.491 e. The maximum atomic E-state index is 13.0. The summed E-state index contributed by atoms with van der Waals surface area (Å²) < 4.78 is 33.3. The largest absolute Gasteiger partial charge is 0.491 e. The molecule has 1 fully saturated rings. The summed E-state index contributed by atoms with van der Waals surface area (Å²) in [6.07, 6.45) is 1.87. The SMILES string of the molecule is CCCOc1ccccc1NC(=O)C1CCN(S(=O)(=O)c2ccc(C)cc2C)CC1. The van der Waals surface area contributed by atoms with E-state index in [1.54, 1.807) is 6.07 Å². The Labute approximate surface area is 179 Å². The first-order valence-corrected chi connectivity index (χ1v) is 11.9. The molecule has 0 unspecified atom stereocenters. The first-order chi connectivity index (χ1) is 14.3. The number of hydrogen-bond acceptors (Lipinski definition) is 4. The van der Waals surface area contributed by atoms with E-state index < -0.39 is 10.0 Å². The van der Waals surface area contributed by atoms with Gasteiger partial charge >= 0.3 is 0 Å². The van der Waals surface area contributed by atoms with Gasteiger partial charge in [-0.1, -0.05) is 36.8 Å². The first-order valence-electron chi connectivity index (χ1n) is 10.4. The van der Waals surface area contributed by atoms with E-state index in [4.69, 9.17) is 4.74 Å². The van der Waals surface area contributed by atoms with Gasteiger partial charge in [0, 0.05) is 19.0 Å². The zero-order valence-electron chi connectivity index (χ0n) is 17.8. The van der Waals surface area contributed by atoms with Crippen LogP contribution in [0, 0.1) is 19.8 Å². The van der Waals surface area contributed by atoms with Crippen molar-refractivity contribution in [2.75, 3.05) is 25.0 Å². The number of aryl methyl sites for hydroxylation is 2. The van der Waals surface area contributed by atoms with Crippen LogP contribution in [0.2, 0.25) is 0 Å². The molecule has 0 atom stereocenters. The predicted molar refractivity (Wildman–Crippen MR) is 118 cm³/mol. The van der Waals surface area contributed by atoms with E-state index in [2.05, 4.69) is 5.32 Å². The van der Waals surface area contributed by atoms with Crippen LogP contribution in [0.15, 0.2) is 47.4 Å². The predicted octanol–water partition coefficient (Wildman–Crippen LogP) is 4.13. The Morgan fingerprint density at radius 2 is 1.83 bits per heavy atom. The summed E-state index contributed by atoms with van der Waals surface area (Å²) >= 11 is 0. The lowest BCUT2D eigenvalue weighted by molar-refractivity contribution is -0.120. The number of ether oxygens (including phenoxy) is 1. The number of rotatable bonds is 7. The maximum absolute atomic E-state index is 13.0. The van der Waals surface area contributed by atoms with Crippen molar-refractivity contribution in [3.05, 3.63) is 53.6 Å². The zero-order valence-corrected chi connectivity index (χ0v) is 18.7. The topological polar surface area (TPSA) is 75.7 Å². The van der Waals surface area contributed by atoms with Crippen molar-refractivity contribution in [1.82, 2.24) is 4.31 Å². The third-order valence-electron chi connectivity index (χ3n) is 5.38. The van der Waals surface area contributed by atoms with Crippen molar-refractivity contribution >= 4 is 21.6 Å². The highest BCUT2D eigenvalue weighted by molar-refractivity contribution is 7.89. The molecule has 1 aliphatic rings. The fraction of sp³-hybridized carbons (Fsp3) is 0.435. The molecule has 0 radical (unpaired) electrons. The van der Waals surface area contributed by atoms with Crippen molar-refractivity contribution in [2.45, 2.75) is 44.9 Å². The molecular weight excluding hydrogens is 400 g/mol. The molecule has 0 aliphatic carbocycles. The molecule has 1 saturated heterocycles. The van der Waals surface area contributed by atoms with Gasteiger partial charge in [0.15, 0.2) is 0 Å². The minimum atomic E-state index is -3.55. The number of anilines is 1. The second kappa shape index (κ2) is 9.62. The number of piperidine rings is 1. The molecule has 1 N–H and O–H groups in total. The molecule has 6 nitrogen and oxygen atoms in total. The Morgan fingerprint density at radius 3 is 2.50 bits per heavy atom. The van der Waals surface area contributed by atoms with Crippen LogP contribution in [0.4, 0.5) is 5.69 Å². The van der Waals surface area contributed by atoms with Crippen molar-refractivity contribution in [1.29, 1.82) is 0 Å². The van der Waals surface area contributed by atoms with Gasteiger partial charge in [-0.2, -0.15) is 4.31 Å². The van der Waals surface area contributed by atoms with Gasteiger partial charge in [-0.15, -0.1) is 0 Å². The van der Waals surface area contributed by atoms with Crippen LogP contribution in [0.3, 0.4) is 0 Å². The molecule has 0 saturated carbocycles. The van der Waals surface area contributed by atoms with E-state index in [0.717, 1.165) is 17.5 Å². The molecule has 0 bridgehead atoms. The van der Waals surface area contributed by atoms with Crippen LogP contribution < -0.4 is 10.1 Å². The number of amides is 1. The van der Waals surface area contributed by atoms with Gasteiger partial charge in [0.05, 0.1) is 17.2 Å². The van der Waals surface area contributed by atoms with Crippen LogP contribution >= 0.6 is 0 Å². The average molecular weight is 431 g/mol. The van der Waals surface area contributed by atoms with Crippen LogP contribution in [0.5, 0.6) is 5.75 Å². The summed E-state index contributed by atoms with van der Waals surface area (Å²) in [5.41, 5.74) is 2.44. The van der Waals surface area contributed by atoms with Gasteiger partial charge < -0.3 is 10.1 Å². The molecule has 0 spiro atoms. The van der Waals surface area contributed by atoms with E-state index in [1.165, 1.54) is 4.31 Å². The standard InChI is InChI=1S/C23H30N2O4S/c1-4-15-29-21-8-6-5-7-20(21)24-23(26)19-11-13-25(14-12-19)30(27,28)22-10-9-17(2)16-18(22)3/h5-10,16,19H,4,11-15H2,1-3H3,(H,24,26). The summed E-state index contributed by atoms with van der Waals surface area (Å²) in [6.45, 7) is 7.04. The Kier molecular flexibility index (Phi) is 7.15. The van der Waals surface area contributed by atoms with Crippen LogP contribution in [0.25, 0.3) is 0 Å². The summed E-state index contributed by atoms with van der Waals surface area (Å²) in [5, 5.41) is 2.96. The molecule has 1 heterocycles. The number of hydrogen-bond donors (Lipinski definition) is 1. The number of carbonyl (C=O) groups is 1. The van der Waals surface area contributed by atoms with E-state index in [-0.39, 0.29) is 11.8 Å². The molecule has 1 amide bonds. The Morgan fingerprint density at radius 1 is 1.13 bits per heavy atom. The Hall–Kier alpha value is -2.38. The second-order valence-electron chi connectivity index (χ2n) is 7.78. The lowest BCUT2D eigenvalue weighted by Gasteiger charge is -2.31. The van der Waals surface area contributed by atoms with E-state index >= 15 is 0 Å². The third-order valence-corrected chi connectivity index (χ3v) is 7.44. The van der Waals surface area contributed by atoms with Crippen molar-refractivity contribution in [3.63, 3.8) is 0 Å². The van der Waals surface area contributed by atoms with Gasteiger partial charge in [-0.3, -0.25) is 4.79 Å². The highest BCUT2D eigenvalue weighted by Crippen LogP contribution is 2.29. The summed E-state index contributed by atoms with van der Waals surface area (Å²) in [5.74, 6) is 0.337. The normalized spacial score (nSPS) is 15.7. The fourth-order valence-corrected chi connectivity index (χ4v) is 5.40.